The molecule has 0 unspecified atom stereocenters. The van der Waals surface area contributed by atoms with Gasteiger partial charge >= 0.3 is 0 Å². The van der Waals surface area contributed by atoms with E-state index in [2.05, 4.69) is 15.6 Å². The van der Waals surface area contributed by atoms with Gasteiger partial charge in [0.1, 0.15) is 0 Å². The van der Waals surface area contributed by atoms with Crippen molar-refractivity contribution in [2.24, 2.45) is 0 Å². The minimum absolute atomic E-state index is 0.280. The number of benzene rings is 3. The van der Waals surface area contributed by atoms with Crippen LogP contribution >= 0.6 is 34.8 Å². The lowest BCUT2D eigenvalue weighted by Crippen LogP contribution is -2.12. The number of carbonyl (C=O) groups excluding carboxylic acids is 1. The Morgan fingerprint density at radius 1 is 0.862 bits per heavy atom. The van der Waals surface area contributed by atoms with Gasteiger partial charge in [-0.05, 0) is 54.6 Å². The minimum atomic E-state index is -0.280. The van der Waals surface area contributed by atoms with E-state index in [0.29, 0.717) is 26.3 Å². The lowest BCUT2D eigenvalue weighted by atomic mass is 10.1. The van der Waals surface area contributed by atoms with Crippen molar-refractivity contribution >= 4 is 46.4 Å². The number of hydrogen-bond donors (Lipinski definition) is 1. The zero-order valence-corrected chi connectivity index (χ0v) is 17.1. The van der Waals surface area contributed by atoms with E-state index in [1.54, 1.807) is 53.3 Å². The van der Waals surface area contributed by atoms with Crippen molar-refractivity contribution in [2.45, 2.75) is 0 Å². The summed E-state index contributed by atoms with van der Waals surface area (Å²) in [7, 11) is 0. The molecule has 1 amide bonds. The van der Waals surface area contributed by atoms with Crippen LogP contribution in [0, 0.1) is 0 Å². The van der Waals surface area contributed by atoms with Crippen LogP contribution in [0.5, 0.6) is 0 Å². The van der Waals surface area contributed by atoms with Crippen LogP contribution in [0.1, 0.15) is 10.4 Å². The molecule has 0 spiro atoms. The van der Waals surface area contributed by atoms with E-state index >= 15 is 0 Å². The number of aromatic nitrogens is 3. The Morgan fingerprint density at radius 3 is 2.24 bits per heavy atom. The highest BCUT2D eigenvalue weighted by molar-refractivity contribution is 6.36. The molecular formula is C21H13Cl3N4O. The Hall–Kier alpha value is -2.86. The second-order valence-corrected chi connectivity index (χ2v) is 7.44. The van der Waals surface area contributed by atoms with Gasteiger partial charge in [0.05, 0.1) is 28.3 Å². The molecule has 1 N–H and O–H groups in total. The second-order valence-electron chi connectivity index (χ2n) is 6.16. The third-order valence-corrected chi connectivity index (χ3v) is 5.04. The maximum Gasteiger partial charge on any atom is 0.255 e. The molecule has 3 aromatic carbocycles. The quantitative estimate of drug-likeness (QED) is 0.412. The van der Waals surface area contributed by atoms with Crippen molar-refractivity contribution in [3.8, 4) is 16.9 Å². The van der Waals surface area contributed by atoms with Gasteiger partial charge in [-0.2, -0.15) is 0 Å². The van der Waals surface area contributed by atoms with E-state index in [4.69, 9.17) is 34.8 Å². The monoisotopic (exact) mass is 442 g/mol. The van der Waals surface area contributed by atoms with Crippen LogP contribution in [0.2, 0.25) is 15.1 Å². The van der Waals surface area contributed by atoms with Crippen molar-refractivity contribution in [3.05, 3.63) is 93.6 Å². The van der Waals surface area contributed by atoms with E-state index in [0.717, 1.165) is 16.9 Å². The first-order chi connectivity index (χ1) is 14.0. The van der Waals surface area contributed by atoms with Crippen molar-refractivity contribution in [2.75, 3.05) is 5.32 Å². The lowest BCUT2D eigenvalue weighted by molar-refractivity contribution is 0.102. The standard InChI is InChI=1S/C21H13Cl3N4O/c22-15-5-1-13(2-6-15)20-12-25-27-28(20)17-8-3-14(4-9-17)21(29)26-19-10-7-16(23)11-18(19)24/h1-12H,(H,26,29). The summed E-state index contributed by atoms with van der Waals surface area (Å²) in [5.74, 6) is -0.280. The van der Waals surface area contributed by atoms with Crippen LogP contribution in [-0.2, 0) is 0 Å². The number of carbonyl (C=O) groups is 1. The average Bonchev–Trinajstić information content (AvgIpc) is 3.20. The van der Waals surface area contributed by atoms with E-state index in [9.17, 15) is 4.79 Å². The fraction of sp³-hybridized carbons (Fsp3) is 0. The number of rotatable bonds is 4. The van der Waals surface area contributed by atoms with Crippen LogP contribution < -0.4 is 5.32 Å². The van der Waals surface area contributed by atoms with E-state index < -0.39 is 0 Å². The zero-order chi connectivity index (χ0) is 20.4. The van der Waals surface area contributed by atoms with Gasteiger partial charge in [0.2, 0.25) is 0 Å². The predicted octanol–water partition coefficient (Wildman–Crippen LogP) is 6.15. The van der Waals surface area contributed by atoms with Gasteiger partial charge in [0.25, 0.3) is 5.91 Å². The molecule has 0 fully saturated rings. The lowest BCUT2D eigenvalue weighted by Gasteiger charge is -2.09. The molecule has 4 aromatic rings. The first-order valence-electron chi connectivity index (χ1n) is 8.55. The van der Waals surface area contributed by atoms with Crippen LogP contribution in [0.3, 0.4) is 0 Å². The molecule has 4 rings (SSSR count). The molecular weight excluding hydrogens is 431 g/mol. The fourth-order valence-electron chi connectivity index (χ4n) is 2.78. The van der Waals surface area contributed by atoms with Gasteiger partial charge in [-0.3, -0.25) is 4.79 Å². The zero-order valence-electron chi connectivity index (χ0n) is 14.8. The molecule has 0 aliphatic heterocycles. The maximum atomic E-state index is 12.5. The molecule has 144 valence electrons. The highest BCUT2D eigenvalue weighted by Gasteiger charge is 2.12. The molecule has 0 aliphatic rings. The molecule has 0 saturated heterocycles. The summed E-state index contributed by atoms with van der Waals surface area (Å²) >= 11 is 18.0. The largest absolute Gasteiger partial charge is 0.321 e. The Kier molecular flexibility index (Phi) is 5.53. The number of nitrogens with zero attached hydrogens (tertiary/aromatic N) is 3. The summed E-state index contributed by atoms with van der Waals surface area (Å²) in [6, 6.07) is 19.3. The number of hydrogen-bond acceptors (Lipinski definition) is 3. The summed E-state index contributed by atoms with van der Waals surface area (Å²) < 4.78 is 1.70. The fourth-order valence-corrected chi connectivity index (χ4v) is 3.36. The van der Waals surface area contributed by atoms with Crippen LogP contribution in [0.15, 0.2) is 72.9 Å². The van der Waals surface area contributed by atoms with E-state index in [-0.39, 0.29) is 5.91 Å². The summed E-state index contributed by atoms with van der Waals surface area (Å²) in [5, 5.41) is 12.5. The van der Waals surface area contributed by atoms with Crippen molar-refractivity contribution in [1.82, 2.24) is 15.0 Å². The highest BCUT2D eigenvalue weighted by Crippen LogP contribution is 2.26. The van der Waals surface area contributed by atoms with Crippen molar-refractivity contribution in [3.63, 3.8) is 0 Å². The van der Waals surface area contributed by atoms with Crippen molar-refractivity contribution in [1.29, 1.82) is 0 Å². The van der Waals surface area contributed by atoms with Crippen LogP contribution in [0.25, 0.3) is 16.9 Å². The highest BCUT2D eigenvalue weighted by atomic mass is 35.5. The molecule has 0 bridgehead atoms. The van der Waals surface area contributed by atoms with Gasteiger partial charge in [-0.15, -0.1) is 5.10 Å². The molecule has 0 radical (unpaired) electrons. The minimum Gasteiger partial charge on any atom is -0.321 e. The summed E-state index contributed by atoms with van der Waals surface area (Å²) in [6.45, 7) is 0. The Bertz CT molecular complexity index is 1170. The Labute approximate surface area is 181 Å². The van der Waals surface area contributed by atoms with Gasteiger partial charge in [0, 0.05) is 21.2 Å². The molecule has 1 heterocycles. The second kappa shape index (κ2) is 8.25. The predicted molar refractivity (Wildman–Crippen MR) is 116 cm³/mol. The number of nitrogens with one attached hydrogen (secondary N) is 1. The smallest absolute Gasteiger partial charge is 0.255 e. The summed E-state index contributed by atoms with van der Waals surface area (Å²) in [5.41, 5.74) is 3.48. The molecule has 29 heavy (non-hydrogen) atoms. The van der Waals surface area contributed by atoms with Gasteiger partial charge in [0.15, 0.2) is 0 Å². The first-order valence-corrected chi connectivity index (χ1v) is 9.68. The Balaban J connectivity index is 1.56. The van der Waals surface area contributed by atoms with E-state index in [1.165, 1.54) is 0 Å². The van der Waals surface area contributed by atoms with Crippen LogP contribution in [0.4, 0.5) is 5.69 Å². The number of halogens is 3. The average molecular weight is 444 g/mol. The third-order valence-electron chi connectivity index (χ3n) is 4.24. The first kappa shape index (κ1) is 19.5. The van der Waals surface area contributed by atoms with Crippen LogP contribution in [-0.4, -0.2) is 20.9 Å². The van der Waals surface area contributed by atoms with Crippen molar-refractivity contribution < 1.29 is 4.79 Å². The molecule has 1 aromatic heterocycles. The van der Waals surface area contributed by atoms with Gasteiger partial charge in [-0.1, -0.05) is 52.1 Å². The molecule has 5 nitrogen and oxygen atoms in total. The molecule has 0 saturated carbocycles. The van der Waals surface area contributed by atoms with Gasteiger partial charge < -0.3 is 5.32 Å². The summed E-state index contributed by atoms with van der Waals surface area (Å²) in [4.78, 5) is 12.5. The molecule has 0 aliphatic carbocycles. The molecule has 8 heteroatoms. The topological polar surface area (TPSA) is 59.8 Å². The SMILES string of the molecule is O=C(Nc1ccc(Cl)cc1Cl)c1ccc(-n2nncc2-c2ccc(Cl)cc2)cc1. The summed E-state index contributed by atoms with van der Waals surface area (Å²) in [6.07, 6.45) is 1.67. The third kappa shape index (κ3) is 4.27. The Morgan fingerprint density at radius 2 is 1.55 bits per heavy atom. The maximum absolute atomic E-state index is 12.5. The number of amides is 1. The van der Waals surface area contributed by atoms with E-state index in [1.807, 2.05) is 24.3 Å². The molecule has 0 atom stereocenters. The van der Waals surface area contributed by atoms with Gasteiger partial charge in [-0.25, -0.2) is 4.68 Å². The normalized spacial score (nSPS) is 10.7. The number of anilines is 1.